The van der Waals surface area contributed by atoms with Crippen molar-refractivity contribution in [1.29, 1.82) is 0 Å². The van der Waals surface area contributed by atoms with E-state index in [1.54, 1.807) is 0 Å². The summed E-state index contributed by atoms with van der Waals surface area (Å²) in [5, 5.41) is 10.1. The molecule has 0 aromatic heterocycles. The van der Waals surface area contributed by atoms with E-state index >= 15 is 0 Å². The van der Waals surface area contributed by atoms with Crippen molar-refractivity contribution in [2.24, 2.45) is 5.92 Å². The van der Waals surface area contributed by atoms with Gasteiger partial charge in [-0.15, -0.1) is 0 Å². The summed E-state index contributed by atoms with van der Waals surface area (Å²) in [6.45, 7) is 7.62. The Bertz CT molecular complexity index is 366. The van der Waals surface area contributed by atoms with Crippen LogP contribution in [-0.4, -0.2) is 41.9 Å². The van der Waals surface area contributed by atoms with Crippen molar-refractivity contribution in [2.75, 3.05) is 19.8 Å². The Kier molecular flexibility index (Phi) is 5.37. The van der Waals surface area contributed by atoms with E-state index in [-0.39, 0.29) is 12.0 Å². The normalized spacial score (nSPS) is 24.1. The molecule has 1 heterocycles. The zero-order chi connectivity index (χ0) is 13.7. The van der Waals surface area contributed by atoms with Crippen molar-refractivity contribution in [1.82, 2.24) is 4.90 Å². The van der Waals surface area contributed by atoms with Crippen LogP contribution < -0.4 is 0 Å². The van der Waals surface area contributed by atoms with E-state index in [1.807, 2.05) is 6.07 Å². The molecular formula is C16H25NO2. The minimum absolute atomic E-state index is 0.217. The maximum atomic E-state index is 10.1. The summed E-state index contributed by atoms with van der Waals surface area (Å²) in [6.07, 6.45) is 0.549. The van der Waals surface area contributed by atoms with Crippen LogP contribution in [0.4, 0.5) is 0 Å². The number of hydrogen-bond acceptors (Lipinski definition) is 3. The molecule has 1 fully saturated rings. The van der Waals surface area contributed by atoms with Crippen molar-refractivity contribution >= 4 is 0 Å². The summed E-state index contributed by atoms with van der Waals surface area (Å²) < 4.78 is 5.50. The zero-order valence-corrected chi connectivity index (χ0v) is 12.0. The first-order valence-corrected chi connectivity index (χ1v) is 7.20. The highest BCUT2D eigenvalue weighted by molar-refractivity contribution is 5.14. The van der Waals surface area contributed by atoms with Crippen molar-refractivity contribution in [3.05, 3.63) is 35.9 Å². The van der Waals surface area contributed by atoms with E-state index in [0.29, 0.717) is 19.3 Å². The number of hydrogen-bond donors (Lipinski definition) is 1. The molecule has 0 radical (unpaired) electrons. The van der Waals surface area contributed by atoms with Gasteiger partial charge in [0.15, 0.2) is 0 Å². The van der Waals surface area contributed by atoms with Gasteiger partial charge in [-0.2, -0.15) is 0 Å². The Labute approximate surface area is 116 Å². The number of rotatable bonds is 5. The third-order valence-electron chi connectivity index (χ3n) is 3.86. The van der Waals surface area contributed by atoms with Crippen LogP contribution in [0.3, 0.4) is 0 Å². The lowest BCUT2D eigenvalue weighted by molar-refractivity contribution is -0.0503. The molecule has 1 aromatic rings. The molecule has 0 saturated carbocycles. The van der Waals surface area contributed by atoms with E-state index in [4.69, 9.17) is 4.74 Å². The highest BCUT2D eigenvalue weighted by Gasteiger charge is 2.26. The van der Waals surface area contributed by atoms with Crippen LogP contribution in [0.1, 0.15) is 25.8 Å². The molecule has 0 spiro atoms. The third kappa shape index (κ3) is 4.30. The summed E-state index contributed by atoms with van der Waals surface area (Å²) in [6, 6.07) is 11.0. The van der Waals surface area contributed by atoms with Crippen LogP contribution in [-0.2, 0) is 11.3 Å². The van der Waals surface area contributed by atoms with Gasteiger partial charge in [-0.25, -0.2) is 0 Å². The predicted molar refractivity (Wildman–Crippen MR) is 76.9 cm³/mol. The van der Waals surface area contributed by atoms with Gasteiger partial charge in [0.05, 0.1) is 12.7 Å². The quantitative estimate of drug-likeness (QED) is 0.885. The molecule has 0 bridgehead atoms. The summed E-state index contributed by atoms with van der Waals surface area (Å²) in [4.78, 5) is 2.41. The van der Waals surface area contributed by atoms with E-state index in [2.05, 4.69) is 43.0 Å². The molecule has 3 nitrogen and oxygen atoms in total. The Morgan fingerprint density at radius 3 is 2.68 bits per heavy atom. The Morgan fingerprint density at radius 2 is 2.05 bits per heavy atom. The van der Waals surface area contributed by atoms with E-state index < -0.39 is 0 Å². The maximum Gasteiger partial charge on any atom is 0.0624 e. The molecule has 1 N–H and O–H groups in total. The SMILES string of the molecule is CC(C)N(Cc1ccccc1)CC1COCCC1O. The molecule has 1 aromatic carbocycles. The van der Waals surface area contributed by atoms with Crippen LogP contribution >= 0.6 is 0 Å². The highest BCUT2D eigenvalue weighted by atomic mass is 16.5. The fourth-order valence-corrected chi connectivity index (χ4v) is 2.54. The molecule has 0 aliphatic carbocycles. The van der Waals surface area contributed by atoms with Crippen molar-refractivity contribution < 1.29 is 9.84 Å². The molecule has 2 atom stereocenters. The van der Waals surface area contributed by atoms with Gasteiger partial charge in [-0.1, -0.05) is 30.3 Å². The van der Waals surface area contributed by atoms with Crippen molar-refractivity contribution in [2.45, 2.75) is 39.0 Å². The zero-order valence-electron chi connectivity index (χ0n) is 12.0. The average molecular weight is 263 g/mol. The summed E-state index contributed by atoms with van der Waals surface area (Å²) in [5.74, 6) is 0.236. The molecule has 2 unspecified atom stereocenters. The summed E-state index contributed by atoms with van der Waals surface area (Å²) in [5.41, 5.74) is 1.32. The second-order valence-corrected chi connectivity index (χ2v) is 5.70. The van der Waals surface area contributed by atoms with Gasteiger partial charge in [0, 0.05) is 31.7 Å². The molecule has 0 amide bonds. The van der Waals surface area contributed by atoms with E-state index in [9.17, 15) is 5.11 Å². The Hall–Kier alpha value is -0.900. The molecule has 1 saturated heterocycles. The third-order valence-corrected chi connectivity index (χ3v) is 3.86. The lowest BCUT2D eigenvalue weighted by atomic mass is 9.97. The Balaban J connectivity index is 1.96. The number of ether oxygens (including phenoxy) is 1. The minimum Gasteiger partial charge on any atom is -0.393 e. The first-order chi connectivity index (χ1) is 9.16. The van der Waals surface area contributed by atoms with Gasteiger partial charge in [0.1, 0.15) is 0 Å². The fourth-order valence-electron chi connectivity index (χ4n) is 2.54. The maximum absolute atomic E-state index is 10.1. The number of aliphatic hydroxyl groups is 1. The van der Waals surface area contributed by atoms with Gasteiger partial charge in [-0.05, 0) is 25.8 Å². The minimum atomic E-state index is -0.217. The first-order valence-electron chi connectivity index (χ1n) is 7.20. The van der Waals surface area contributed by atoms with Crippen molar-refractivity contribution in [3.8, 4) is 0 Å². The topological polar surface area (TPSA) is 32.7 Å². The lowest BCUT2D eigenvalue weighted by Crippen LogP contribution is -2.43. The smallest absolute Gasteiger partial charge is 0.0624 e. The standard InChI is InChI=1S/C16H25NO2/c1-13(2)17(10-14-6-4-3-5-7-14)11-15-12-19-9-8-16(15)18/h3-7,13,15-16,18H,8-12H2,1-2H3. The second kappa shape index (κ2) is 7.04. The highest BCUT2D eigenvalue weighted by Crippen LogP contribution is 2.18. The van der Waals surface area contributed by atoms with Crippen LogP contribution in [0, 0.1) is 5.92 Å². The molecule has 3 heteroatoms. The van der Waals surface area contributed by atoms with Gasteiger partial charge < -0.3 is 9.84 Å². The average Bonchev–Trinajstić information content (AvgIpc) is 2.41. The van der Waals surface area contributed by atoms with Crippen LogP contribution in [0.25, 0.3) is 0 Å². The van der Waals surface area contributed by atoms with Crippen LogP contribution in [0.5, 0.6) is 0 Å². The first kappa shape index (κ1) is 14.5. The van der Waals surface area contributed by atoms with E-state index in [1.165, 1.54) is 5.56 Å². The Morgan fingerprint density at radius 1 is 1.32 bits per heavy atom. The lowest BCUT2D eigenvalue weighted by Gasteiger charge is -2.35. The van der Waals surface area contributed by atoms with Gasteiger partial charge in [-0.3, -0.25) is 4.90 Å². The van der Waals surface area contributed by atoms with E-state index in [0.717, 1.165) is 19.5 Å². The van der Waals surface area contributed by atoms with Gasteiger partial charge in [0.25, 0.3) is 0 Å². The molecule has 1 aliphatic heterocycles. The summed E-state index contributed by atoms with van der Waals surface area (Å²) in [7, 11) is 0. The number of benzene rings is 1. The molecule has 19 heavy (non-hydrogen) atoms. The number of aliphatic hydroxyl groups excluding tert-OH is 1. The van der Waals surface area contributed by atoms with Crippen LogP contribution in [0.15, 0.2) is 30.3 Å². The molecular weight excluding hydrogens is 238 g/mol. The largest absolute Gasteiger partial charge is 0.393 e. The van der Waals surface area contributed by atoms with Crippen LogP contribution in [0.2, 0.25) is 0 Å². The van der Waals surface area contributed by atoms with Gasteiger partial charge in [0.2, 0.25) is 0 Å². The number of nitrogens with zero attached hydrogens (tertiary/aromatic N) is 1. The fraction of sp³-hybridized carbons (Fsp3) is 0.625. The summed E-state index contributed by atoms with van der Waals surface area (Å²) >= 11 is 0. The second-order valence-electron chi connectivity index (χ2n) is 5.70. The monoisotopic (exact) mass is 263 g/mol. The van der Waals surface area contributed by atoms with Crippen molar-refractivity contribution in [3.63, 3.8) is 0 Å². The molecule has 106 valence electrons. The predicted octanol–water partition coefficient (Wildman–Crippen LogP) is 2.29. The molecule has 2 rings (SSSR count). The molecule has 1 aliphatic rings. The van der Waals surface area contributed by atoms with Gasteiger partial charge >= 0.3 is 0 Å².